The van der Waals surface area contributed by atoms with Gasteiger partial charge in [0, 0.05) is 25.2 Å². The van der Waals surface area contributed by atoms with Crippen LogP contribution < -0.4 is 16.0 Å². The molecule has 0 aliphatic carbocycles. The lowest BCUT2D eigenvalue weighted by Crippen LogP contribution is -2.47. The van der Waals surface area contributed by atoms with Gasteiger partial charge in [0.25, 0.3) is 0 Å². The van der Waals surface area contributed by atoms with Gasteiger partial charge in [0.15, 0.2) is 0 Å². The van der Waals surface area contributed by atoms with Crippen LogP contribution in [0, 0.1) is 0 Å². The monoisotopic (exact) mass is 456 g/mol. The number of carbonyl (C=O) groups excluding carboxylic acids is 3. The lowest BCUT2D eigenvalue weighted by Gasteiger charge is -2.22. The van der Waals surface area contributed by atoms with Crippen molar-refractivity contribution in [3.8, 4) is 0 Å². The third kappa shape index (κ3) is 18.9. The number of alkyl carbamates (subject to hydrolysis) is 2. The normalized spacial score (nSPS) is 11.4. The van der Waals surface area contributed by atoms with Gasteiger partial charge in [-0.05, 0) is 54.4 Å². The molecule has 32 heavy (non-hydrogen) atoms. The first-order valence-electron chi connectivity index (χ1n) is 10.4. The molecule has 182 valence electrons. The number of carboxylic acid groups (broad SMARTS) is 1. The van der Waals surface area contributed by atoms with Gasteiger partial charge in [-0.25, -0.2) is 14.4 Å². The Morgan fingerprint density at radius 1 is 0.812 bits per heavy atom. The zero-order valence-electron chi connectivity index (χ0n) is 19.7. The third-order valence-corrected chi connectivity index (χ3v) is 3.27. The number of hydrogen-bond acceptors (Lipinski definition) is 7. The minimum absolute atomic E-state index is 0.0639. The Kier molecular flexibility index (Phi) is 12.7. The number of aliphatic imine (C=N–C) groups is 1. The minimum atomic E-state index is -1.18. The van der Waals surface area contributed by atoms with E-state index in [9.17, 15) is 19.2 Å². The number of amides is 3. The molecule has 0 atom stereocenters. The van der Waals surface area contributed by atoms with Crippen LogP contribution in [0.15, 0.2) is 17.1 Å². The van der Waals surface area contributed by atoms with Gasteiger partial charge in [0.2, 0.25) is 11.9 Å². The standard InChI is InChI=1S/C21H36N4O7/c1-20(2,3)31-18(29)24-17(25-19(30)32-21(4,5)6)23-14-10-8-7-9-13-22-15(26)11-12-16(27)28/h11-12H,7-10,13-14H2,1-6H3,(H,22,26)(H,27,28)(H2,23,24,25,29,30)/b12-11-. The number of nitrogens with zero attached hydrogens (tertiary/aromatic N) is 1. The summed E-state index contributed by atoms with van der Waals surface area (Å²) in [6, 6.07) is 0. The summed E-state index contributed by atoms with van der Waals surface area (Å²) in [6.45, 7) is 11.1. The van der Waals surface area contributed by atoms with Crippen molar-refractivity contribution in [2.45, 2.75) is 78.4 Å². The molecule has 11 nitrogen and oxygen atoms in total. The van der Waals surface area contributed by atoms with E-state index < -0.39 is 35.3 Å². The molecule has 0 heterocycles. The fraction of sp³-hybridized carbons (Fsp3) is 0.667. The Morgan fingerprint density at radius 3 is 1.78 bits per heavy atom. The first kappa shape index (κ1) is 28.9. The molecule has 0 aromatic heterocycles. The highest BCUT2D eigenvalue weighted by Crippen LogP contribution is 2.08. The van der Waals surface area contributed by atoms with Crippen LogP contribution in [0.25, 0.3) is 0 Å². The van der Waals surface area contributed by atoms with Crippen molar-refractivity contribution < 1.29 is 33.8 Å². The molecule has 0 saturated carbocycles. The number of aliphatic carboxylic acids is 1. The Hall–Kier alpha value is -3.11. The molecule has 0 aromatic rings. The number of hydrogen-bond donors (Lipinski definition) is 4. The van der Waals surface area contributed by atoms with Crippen LogP contribution in [0.4, 0.5) is 9.59 Å². The molecule has 4 N–H and O–H groups in total. The van der Waals surface area contributed by atoms with Gasteiger partial charge in [0.1, 0.15) is 11.2 Å². The van der Waals surface area contributed by atoms with Crippen LogP contribution in [0.5, 0.6) is 0 Å². The van der Waals surface area contributed by atoms with Crippen molar-refractivity contribution in [3.05, 3.63) is 12.2 Å². The van der Waals surface area contributed by atoms with Crippen LogP contribution in [-0.4, -0.2) is 59.4 Å². The van der Waals surface area contributed by atoms with Gasteiger partial charge < -0.3 is 19.9 Å². The molecule has 0 unspecified atom stereocenters. The molecule has 11 heteroatoms. The van der Waals surface area contributed by atoms with Gasteiger partial charge >= 0.3 is 18.2 Å². The average Bonchev–Trinajstić information content (AvgIpc) is 2.58. The van der Waals surface area contributed by atoms with Crippen molar-refractivity contribution in [2.24, 2.45) is 4.99 Å². The SMILES string of the molecule is CC(C)(C)OC(=O)NC(=NCCCCCCNC(=O)/C=C\C(=O)O)NC(=O)OC(C)(C)C. The highest BCUT2D eigenvalue weighted by atomic mass is 16.6. The molecule has 0 saturated heterocycles. The predicted molar refractivity (Wildman–Crippen MR) is 119 cm³/mol. The lowest BCUT2D eigenvalue weighted by atomic mass is 10.2. The second kappa shape index (κ2) is 14.0. The largest absolute Gasteiger partial charge is 0.478 e. The van der Waals surface area contributed by atoms with Gasteiger partial charge in [-0.3, -0.25) is 20.4 Å². The molecular weight excluding hydrogens is 420 g/mol. The minimum Gasteiger partial charge on any atom is -0.478 e. The molecule has 0 radical (unpaired) electrons. The summed E-state index contributed by atoms with van der Waals surface area (Å²) >= 11 is 0. The Labute approximate surface area is 189 Å². The summed E-state index contributed by atoms with van der Waals surface area (Å²) in [5, 5.41) is 15.9. The smallest absolute Gasteiger partial charge is 0.414 e. The molecule has 0 aromatic carbocycles. The predicted octanol–water partition coefficient (Wildman–Crippen LogP) is 2.71. The lowest BCUT2D eigenvalue weighted by molar-refractivity contribution is -0.131. The first-order valence-corrected chi connectivity index (χ1v) is 10.4. The number of rotatable bonds is 9. The van der Waals surface area contributed by atoms with Gasteiger partial charge in [-0.2, -0.15) is 0 Å². The molecule has 0 fully saturated rings. The number of carboxylic acids is 1. The summed E-state index contributed by atoms with van der Waals surface area (Å²) in [6.07, 6.45) is 3.26. The van der Waals surface area contributed by atoms with Gasteiger partial charge in [0.05, 0.1) is 0 Å². The van der Waals surface area contributed by atoms with Gasteiger partial charge in [-0.1, -0.05) is 12.8 Å². The molecule has 0 spiro atoms. The van der Waals surface area contributed by atoms with Crippen LogP contribution in [0.3, 0.4) is 0 Å². The summed E-state index contributed by atoms with van der Waals surface area (Å²) < 4.78 is 10.4. The Bertz CT molecular complexity index is 672. The Balaban J connectivity index is 4.49. The van der Waals surface area contributed by atoms with Crippen molar-refractivity contribution in [3.63, 3.8) is 0 Å². The van der Waals surface area contributed by atoms with E-state index >= 15 is 0 Å². The fourth-order valence-electron chi connectivity index (χ4n) is 2.11. The first-order chi connectivity index (χ1) is 14.7. The van der Waals surface area contributed by atoms with E-state index in [2.05, 4.69) is 20.9 Å². The van der Waals surface area contributed by atoms with E-state index in [0.29, 0.717) is 19.5 Å². The average molecular weight is 457 g/mol. The second-order valence-corrected chi connectivity index (χ2v) is 8.86. The summed E-state index contributed by atoms with van der Waals surface area (Å²) in [5.74, 6) is -1.70. The van der Waals surface area contributed by atoms with E-state index in [1.54, 1.807) is 41.5 Å². The van der Waals surface area contributed by atoms with Crippen LogP contribution in [0.2, 0.25) is 0 Å². The maximum Gasteiger partial charge on any atom is 0.414 e. The zero-order valence-corrected chi connectivity index (χ0v) is 19.7. The van der Waals surface area contributed by atoms with Crippen LogP contribution in [-0.2, 0) is 19.1 Å². The van der Waals surface area contributed by atoms with E-state index in [1.165, 1.54) is 0 Å². The third-order valence-electron chi connectivity index (χ3n) is 3.27. The molecule has 0 bridgehead atoms. The topological polar surface area (TPSA) is 155 Å². The summed E-state index contributed by atoms with van der Waals surface area (Å²) in [7, 11) is 0. The molecule has 0 aliphatic rings. The highest BCUT2D eigenvalue weighted by molar-refractivity contribution is 6.01. The zero-order chi connectivity index (χ0) is 24.8. The second-order valence-electron chi connectivity index (χ2n) is 8.86. The molecule has 0 aliphatic heterocycles. The van der Waals surface area contributed by atoms with Crippen molar-refractivity contribution in [2.75, 3.05) is 13.1 Å². The summed E-state index contributed by atoms with van der Waals surface area (Å²) in [4.78, 5) is 49.9. The van der Waals surface area contributed by atoms with Crippen LogP contribution >= 0.6 is 0 Å². The van der Waals surface area contributed by atoms with Crippen LogP contribution in [0.1, 0.15) is 67.2 Å². The van der Waals surface area contributed by atoms with Gasteiger partial charge in [-0.15, -0.1) is 0 Å². The van der Waals surface area contributed by atoms with E-state index in [-0.39, 0.29) is 5.96 Å². The quantitative estimate of drug-likeness (QED) is 0.180. The summed E-state index contributed by atoms with van der Waals surface area (Å²) in [5.41, 5.74) is -1.42. The number of ether oxygens (including phenoxy) is 2. The number of nitrogens with one attached hydrogen (secondary N) is 3. The van der Waals surface area contributed by atoms with Crippen molar-refractivity contribution >= 4 is 30.0 Å². The van der Waals surface area contributed by atoms with E-state index in [4.69, 9.17) is 14.6 Å². The molecular formula is C21H36N4O7. The maximum absolute atomic E-state index is 12.0. The van der Waals surface area contributed by atoms with E-state index in [0.717, 1.165) is 31.4 Å². The molecule has 0 rings (SSSR count). The Morgan fingerprint density at radius 2 is 1.31 bits per heavy atom. The number of unbranched alkanes of at least 4 members (excludes halogenated alkanes) is 3. The fourth-order valence-corrected chi connectivity index (χ4v) is 2.11. The van der Waals surface area contributed by atoms with E-state index in [1.807, 2.05) is 0 Å². The van der Waals surface area contributed by atoms with Crippen molar-refractivity contribution in [1.82, 2.24) is 16.0 Å². The van der Waals surface area contributed by atoms with Crippen molar-refractivity contribution in [1.29, 1.82) is 0 Å². The highest BCUT2D eigenvalue weighted by Gasteiger charge is 2.21. The molecule has 3 amide bonds. The number of carbonyl (C=O) groups is 4. The maximum atomic E-state index is 12.0. The number of guanidine groups is 1.